The molecule has 4 nitrogen and oxygen atoms in total. The van der Waals surface area contributed by atoms with Crippen molar-refractivity contribution in [3.8, 4) is 0 Å². The molecule has 0 amide bonds. The van der Waals surface area contributed by atoms with E-state index in [1.165, 1.54) is 36.8 Å². The predicted molar refractivity (Wildman–Crippen MR) is 97.1 cm³/mol. The Bertz CT molecular complexity index is 638. The minimum atomic E-state index is 0.241. The second kappa shape index (κ2) is 6.07. The van der Waals surface area contributed by atoms with E-state index in [9.17, 15) is 0 Å². The Hall–Kier alpha value is -1.55. The topological polar surface area (TPSA) is 45.7 Å². The van der Waals surface area contributed by atoms with Crippen LogP contribution in [-0.4, -0.2) is 31.8 Å². The quantitative estimate of drug-likeness (QED) is 0.662. The Labute approximate surface area is 145 Å². The van der Waals surface area contributed by atoms with Crippen molar-refractivity contribution in [2.45, 2.75) is 57.7 Å². The van der Waals surface area contributed by atoms with E-state index in [0.29, 0.717) is 23.5 Å². The van der Waals surface area contributed by atoms with Gasteiger partial charge in [0.05, 0.1) is 12.1 Å². The van der Waals surface area contributed by atoms with Crippen LogP contribution >= 0.6 is 0 Å². The summed E-state index contributed by atoms with van der Waals surface area (Å²) in [5.74, 6) is 1.59. The predicted octanol–water partition coefficient (Wildman–Crippen LogP) is 3.18. The van der Waals surface area contributed by atoms with Gasteiger partial charge in [-0.25, -0.2) is 0 Å². The van der Waals surface area contributed by atoms with E-state index in [2.05, 4.69) is 53.7 Å². The third-order valence-electron chi connectivity index (χ3n) is 6.56. The molecule has 1 spiro atoms. The van der Waals surface area contributed by atoms with Gasteiger partial charge >= 0.3 is 0 Å². The smallest absolute Gasteiger partial charge is 0.191 e. The molecule has 0 aromatic heterocycles. The number of benzene rings is 1. The summed E-state index contributed by atoms with van der Waals surface area (Å²) in [5, 5.41) is 7.33. The molecule has 2 saturated carbocycles. The molecule has 1 saturated heterocycles. The number of hydrogen-bond acceptors (Lipinski definition) is 2. The minimum absolute atomic E-state index is 0.241. The van der Waals surface area contributed by atoms with Gasteiger partial charge in [-0.3, -0.25) is 4.99 Å². The summed E-state index contributed by atoms with van der Waals surface area (Å²) >= 11 is 0. The van der Waals surface area contributed by atoms with Crippen LogP contribution in [0.1, 0.15) is 49.8 Å². The van der Waals surface area contributed by atoms with Gasteiger partial charge in [0.1, 0.15) is 0 Å². The van der Waals surface area contributed by atoms with Gasteiger partial charge in [0.15, 0.2) is 5.96 Å². The van der Waals surface area contributed by atoms with E-state index < -0.39 is 0 Å². The molecule has 4 unspecified atom stereocenters. The van der Waals surface area contributed by atoms with Crippen LogP contribution in [0.15, 0.2) is 29.3 Å². The standard InChI is InChI=1S/C20H29N3O/c1-13-7-4-5-8-15(13)14(2)22-19(21-3)23-17-16-9-12-24-18(16)20(17)10-6-11-20/h4-5,7-8,14,16-18H,6,9-12H2,1-3H3,(H2,21,22,23). The van der Waals surface area contributed by atoms with E-state index >= 15 is 0 Å². The van der Waals surface area contributed by atoms with E-state index in [-0.39, 0.29) is 6.04 Å². The molecule has 1 aromatic carbocycles. The maximum atomic E-state index is 6.02. The molecule has 4 rings (SSSR count). The number of guanidine groups is 1. The van der Waals surface area contributed by atoms with Crippen molar-refractivity contribution in [3.63, 3.8) is 0 Å². The largest absolute Gasteiger partial charge is 0.377 e. The minimum Gasteiger partial charge on any atom is -0.377 e. The van der Waals surface area contributed by atoms with E-state index in [0.717, 1.165) is 12.6 Å². The van der Waals surface area contributed by atoms with Crippen LogP contribution in [0.2, 0.25) is 0 Å². The highest BCUT2D eigenvalue weighted by atomic mass is 16.5. The molecular formula is C20H29N3O. The Kier molecular flexibility index (Phi) is 4.03. The van der Waals surface area contributed by atoms with Gasteiger partial charge < -0.3 is 15.4 Å². The number of fused-ring (bicyclic) bond motifs is 2. The van der Waals surface area contributed by atoms with Gasteiger partial charge in [0, 0.05) is 31.0 Å². The SMILES string of the molecule is CN=C(NC(C)c1ccccc1C)NC1C2CCOC2C12CCC2. The van der Waals surface area contributed by atoms with Gasteiger partial charge in [0.2, 0.25) is 0 Å². The van der Waals surface area contributed by atoms with Gasteiger partial charge in [-0.15, -0.1) is 0 Å². The van der Waals surface area contributed by atoms with E-state index in [4.69, 9.17) is 4.74 Å². The molecular weight excluding hydrogens is 298 g/mol. The molecule has 3 fully saturated rings. The Balaban J connectivity index is 1.44. The number of rotatable bonds is 3. The zero-order chi connectivity index (χ0) is 16.7. The molecule has 1 heterocycles. The van der Waals surface area contributed by atoms with Gasteiger partial charge in [-0.1, -0.05) is 30.7 Å². The molecule has 1 aromatic rings. The lowest BCUT2D eigenvalue weighted by Crippen LogP contribution is -2.72. The molecule has 3 aliphatic rings. The first kappa shape index (κ1) is 15.9. The van der Waals surface area contributed by atoms with Crippen LogP contribution in [0.4, 0.5) is 0 Å². The lowest BCUT2D eigenvalue weighted by molar-refractivity contribution is -0.171. The second-order valence-electron chi connectivity index (χ2n) is 7.75. The highest BCUT2D eigenvalue weighted by Gasteiger charge is 2.66. The van der Waals surface area contributed by atoms with Crippen molar-refractivity contribution >= 4 is 5.96 Å². The summed E-state index contributed by atoms with van der Waals surface area (Å²) in [5.41, 5.74) is 3.02. The third kappa shape index (κ3) is 2.34. The fourth-order valence-corrected chi connectivity index (χ4v) is 5.13. The summed E-state index contributed by atoms with van der Waals surface area (Å²) in [6.07, 6.45) is 5.63. The summed E-state index contributed by atoms with van der Waals surface area (Å²) in [4.78, 5) is 4.50. The van der Waals surface area contributed by atoms with Gasteiger partial charge in [-0.2, -0.15) is 0 Å². The van der Waals surface area contributed by atoms with Crippen molar-refractivity contribution < 1.29 is 4.74 Å². The molecule has 2 N–H and O–H groups in total. The fraction of sp³-hybridized carbons (Fsp3) is 0.650. The molecule has 4 heteroatoms. The van der Waals surface area contributed by atoms with Crippen LogP contribution in [-0.2, 0) is 4.74 Å². The maximum absolute atomic E-state index is 6.02. The van der Waals surface area contributed by atoms with Crippen molar-refractivity contribution in [1.82, 2.24) is 10.6 Å². The van der Waals surface area contributed by atoms with E-state index in [1.54, 1.807) is 0 Å². The lowest BCUT2D eigenvalue weighted by Gasteiger charge is -2.63. The van der Waals surface area contributed by atoms with Crippen LogP contribution < -0.4 is 10.6 Å². The second-order valence-corrected chi connectivity index (χ2v) is 7.75. The molecule has 0 radical (unpaired) electrons. The highest BCUT2D eigenvalue weighted by Crippen LogP contribution is 2.62. The molecule has 2 aliphatic carbocycles. The summed E-state index contributed by atoms with van der Waals surface area (Å²) in [6, 6.07) is 9.32. The normalized spacial score (nSPS) is 31.8. The highest BCUT2D eigenvalue weighted by molar-refractivity contribution is 5.81. The zero-order valence-corrected chi connectivity index (χ0v) is 15.0. The van der Waals surface area contributed by atoms with Crippen molar-refractivity contribution in [2.75, 3.05) is 13.7 Å². The van der Waals surface area contributed by atoms with Crippen LogP contribution in [0, 0.1) is 18.3 Å². The Morgan fingerprint density at radius 2 is 2.12 bits per heavy atom. The average molecular weight is 327 g/mol. The summed E-state index contributed by atoms with van der Waals surface area (Å²) in [6.45, 7) is 5.30. The first-order chi connectivity index (χ1) is 11.7. The maximum Gasteiger partial charge on any atom is 0.191 e. The van der Waals surface area contributed by atoms with Crippen molar-refractivity contribution in [2.24, 2.45) is 16.3 Å². The first-order valence-electron chi connectivity index (χ1n) is 9.33. The molecule has 0 bridgehead atoms. The number of nitrogens with zero attached hydrogens (tertiary/aromatic N) is 1. The number of hydrogen-bond donors (Lipinski definition) is 2. The third-order valence-corrected chi connectivity index (χ3v) is 6.56. The first-order valence-corrected chi connectivity index (χ1v) is 9.33. The summed E-state index contributed by atoms with van der Waals surface area (Å²) < 4.78 is 6.02. The van der Waals surface area contributed by atoms with Crippen LogP contribution in [0.3, 0.4) is 0 Å². The Morgan fingerprint density at radius 1 is 1.33 bits per heavy atom. The fourth-order valence-electron chi connectivity index (χ4n) is 5.13. The Morgan fingerprint density at radius 3 is 2.79 bits per heavy atom. The number of ether oxygens (including phenoxy) is 1. The average Bonchev–Trinajstić information content (AvgIpc) is 2.95. The number of nitrogens with one attached hydrogen (secondary N) is 2. The van der Waals surface area contributed by atoms with Crippen molar-refractivity contribution in [3.05, 3.63) is 35.4 Å². The number of aryl methyl sites for hydroxylation is 1. The van der Waals surface area contributed by atoms with Gasteiger partial charge in [-0.05, 0) is 44.2 Å². The van der Waals surface area contributed by atoms with Crippen LogP contribution in [0.25, 0.3) is 0 Å². The number of aliphatic imine (C=N–C) groups is 1. The molecule has 24 heavy (non-hydrogen) atoms. The van der Waals surface area contributed by atoms with Crippen molar-refractivity contribution in [1.29, 1.82) is 0 Å². The molecule has 130 valence electrons. The lowest BCUT2D eigenvalue weighted by atomic mass is 9.46. The monoisotopic (exact) mass is 327 g/mol. The van der Waals surface area contributed by atoms with Gasteiger partial charge in [0.25, 0.3) is 0 Å². The zero-order valence-electron chi connectivity index (χ0n) is 15.0. The molecule has 1 aliphatic heterocycles. The summed E-state index contributed by atoms with van der Waals surface area (Å²) in [7, 11) is 1.87. The van der Waals surface area contributed by atoms with Crippen LogP contribution in [0.5, 0.6) is 0 Å². The van der Waals surface area contributed by atoms with E-state index in [1.807, 2.05) is 7.05 Å². The molecule has 4 atom stereocenters.